The van der Waals surface area contributed by atoms with E-state index in [2.05, 4.69) is 5.32 Å². The van der Waals surface area contributed by atoms with Crippen molar-refractivity contribution in [3.8, 4) is 0 Å². The molecule has 3 aromatic rings. The van der Waals surface area contributed by atoms with Gasteiger partial charge in [-0.2, -0.15) is 0 Å². The third-order valence-corrected chi connectivity index (χ3v) is 5.18. The predicted octanol–water partition coefficient (Wildman–Crippen LogP) is 2.97. The summed E-state index contributed by atoms with van der Waals surface area (Å²) in [4.78, 5) is 37.9. The van der Waals surface area contributed by atoms with Crippen LogP contribution in [0.3, 0.4) is 0 Å². The number of hydrogen-bond donors (Lipinski definition) is 1. The molecule has 0 atom stereocenters. The number of anilines is 1. The molecule has 0 fully saturated rings. The van der Waals surface area contributed by atoms with Crippen LogP contribution >= 0.6 is 11.3 Å². The van der Waals surface area contributed by atoms with Crippen molar-refractivity contribution in [1.29, 1.82) is 0 Å². The zero-order valence-electron chi connectivity index (χ0n) is 14.8. The van der Waals surface area contributed by atoms with Crippen molar-refractivity contribution in [2.24, 2.45) is 0 Å². The van der Waals surface area contributed by atoms with Gasteiger partial charge in [-0.15, -0.1) is 11.3 Å². The quantitative estimate of drug-likeness (QED) is 0.724. The van der Waals surface area contributed by atoms with Crippen LogP contribution in [0.1, 0.15) is 25.3 Å². The molecule has 0 radical (unpaired) electrons. The van der Waals surface area contributed by atoms with E-state index in [1.54, 1.807) is 11.4 Å². The number of carbonyl (C=O) groups excluding carboxylic acids is 1. The Morgan fingerprint density at radius 2 is 1.92 bits per heavy atom. The highest BCUT2D eigenvalue weighted by atomic mass is 32.1. The van der Waals surface area contributed by atoms with Gasteiger partial charge in [-0.05, 0) is 36.4 Å². The number of thiophene rings is 1. The highest BCUT2D eigenvalue weighted by molar-refractivity contribution is 7.17. The Morgan fingerprint density at radius 3 is 2.65 bits per heavy atom. The van der Waals surface area contributed by atoms with Gasteiger partial charge in [-0.25, -0.2) is 4.79 Å². The Kier molecular flexibility index (Phi) is 5.37. The maximum Gasteiger partial charge on any atom is 0.332 e. The molecule has 0 bridgehead atoms. The molecule has 26 heavy (non-hydrogen) atoms. The van der Waals surface area contributed by atoms with Gasteiger partial charge in [0.2, 0.25) is 5.91 Å². The van der Waals surface area contributed by atoms with E-state index < -0.39 is 5.69 Å². The number of para-hydroxylation sites is 1. The van der Waals surface area contributed by atoms with Crippen LogP contribution in [0, 0.1) is 6.92 Å². The van der Waals surface area contributed by atoms with Crippen LogP contribution < -0.4 is 16.6 Å². The summed E-state index contributed by atoms with van der Waals surface area (Å²) in [6, 6.07) is 9.18. The van der Waals surface area contributed by atoms with Crippen molar-refractivity contribution >= 4 is 33.1 Å². The number of amides is 1. The minimum atomic E-state index is -0.436. The number of unbranched alkanes of at least 4 members (excludes halogenated alkanes) is 1. The van der Waals surface area contributed by atoms with Gasteiger partial charge in [0.1, 0.15) is 11.2 Å². The zero-order chi connectivity index (χ0) is 18.7. The lowest BCUT2D eigenvalue weighted by Gasteiger charge is -2.13. The number of hydrogen-bond acceptors (Lipinski definition) is 4. The molecule has 0 aliphatic carbocycles. The average Bonchev–Trinajstić information content (AvgIpc) is 3.10. The molecule has 0 saturated heterocycles. The molecular weight excluding hydrogens is 350 g/mol. The SMILES string of the molecule is CCCCn1c(=O)c2sccc2n(CC(=O)Nc2ccccc2C)c1=O. The summed E-state index contributed by atoms with van der Waals surface area (Å²) in [5, 5.41) is 4.61. The Balaban J connectivity index is 1.98. The van der Waals surface area contributed by atoms with Crippen molar-refractivity contribution in [1.82, 2.24) is 9.13 Å². The minimum absolute atomic E-state index is 0.132. The van der Waals surface area contributed by atoms with Gasteiger partial charge in [0, 0.05) is 12.2 Å². The van der Waals surface area contributed by atoms with Crippen molar-refractivity contribution in [2.45, 2.75) is 39.8 Å². The summed E-state index contributed by atoms with van der Waals surface area (Å²) >= 11 is 1.29. The summed E-state index contributed by atoms with van der Waals surface area (Å²) in [7, 11) is 0. The van der Waals surface area contributed by atoms with Crippen LogP contribution in [-0.4, -0.2) is 15.0 Å². The Hall–Kier alpha value is -2.67. The van der Waals surface area contributed by atoms with Crippen molar-refractivity contribution in [2.75, 3.05) is 5.32 Å². The van der Waals surface area contributed by atoms with E-state index in [4.69, 9.17) is 0 Å². The molecule has 0 aliphatic heterocycles. The van der Waals surface area contributed by atoms with Gasteiger partial charge >= 0.3 is 5.69 Å². The number of nitrogens with zero attached hydrogens (tertiary/aromatic N) is 2. The van der Waals surface area contributed by atoms with Gasteiger partial charge in [-0.3, -0.25) is 18.7 Å². The van der Waals surface area contributed by atoms with E-state index in [-0.39, 0.29) is 18.0 Å². The fraction of sp³-hybridized carbons (Fsp3) is 0.316. The number of carbonyl (C=O) groups is 1. The highest BCUT2D eigenvalue weighted by Crippen LogP contribution is 2.16. The van der Waals surface area contributed by atoms with Gasteiger partial charge < -0.3 is 5.32 Å². The van der Waals surface area contributed by atoms with Crippen molar-refractivity contribution in [3.63, 3.8) is 0 Å². The van der Waals surface area contributed by atoms with Crippen LogP contribution in [0.25, 0.3) is 10.2 Å². The maximum atomic E-state index is 12.8. The molecular formula is C19H21N3O3S. The molecule has 1 aromatic carbocycles. The third-order valence-electron chi connectivity index (χ3n) is 4.29. The van der Waals surface area contributed by atoms with E-state index in [0.29, 0.717) is 22.4 Å². The second-order valence-corrected chi connectivity index (χ2v) is 7.09. The molecule has 0 unspecified atom stereocenters. The molecule has 1 amide bonds. The summed E-state index contributed by atoms with van der Waals surface area (Å²) in [5.74, 6) is -0.297. The topological polar surface area (TPSA) is 73.1 Å². The van der Waals surface area contributed by atoms with Crippen LogP contribution in [-0.2, 0) is 17.9 Å². The summed E-state index contributed by atoms with van der Waals surface area (Å²) in [5.41, 5.74) is 1.46. The fourth-order valence-electron chi connectivity index (χ4n) is 2.85. The van der Waals surface area contributed by atoms with E-state index in [9.17, 15) is 14.4 Å². The number of nitrogens with one attached hydrogen (secondary N) is 1. The summed E-state index contributed by atoms with van der Waals surface area (Å²) in [6.07, 6.45) is 1.61. The smallest absolute Gasteiger partial charge is 0.324 e. The van der Waals surface area contributed by atoms with E-state index in [1.807, 2.05) is 38.1 Å². The minimum Gasteiger partial charge on any atom is -0.324 e. The first kappa shape index (κ1) is 18.1. The maximum absolute atomic E-state index is 12.8. The molecule has 0 spiro atoms. The fourth-order valence-corrected chi connectivity index (χ4v) is 3.69. The van der Waals surface area contributed by atoms with Gasteiger partial charge in [0.15, 0.2) is 0 Å². The number of aryl methyl sites for hydroxylation is 1. The molecule has 1 N–H and O–H groups in total. The standard InChI is InChI=1S/C19H21N3O3S/c1-3-4-10-21-18(24)17-15(9-11-26-17)22(19(21)25)12-16(23)20-14-8-6-5-7-13(14)2/h5-9,11H,3-4,10,12H2,1-2H3,(H,20,23). The second kappa shape index (κ2) is 7.70. The Bertz CT molecular complexity index is 1060. The largest absolute Gasteiger partial charge is 0.332 e. The number of aromatic nitrogens is 2. The molecule has 6 nitrogen and oxygen atoms in total. The molecule has 2 heterocycles. The van der Waals surface area contributed by atoms with E-state index >= 15 is 0 Å². The van der Waals surface area contributed by atoms with E-state index in [1.165, 1.54) is 20.5 Å². The summed E-state index contributed by atoms with van der Waals surface area (Å²) < 4.78 is 3.13. The van der Waals surface area contributed by atoms with Gasteiger partial charge in [0.25, 0.3) is 5.56 Å². The normalized spacial score (nSPS) is 11.0. The van der Waals surface area contributed by atoms with Crippen LogP contribution in [0.2, 0.25) is 0 Å². The predicted molar refractivity (Wildman–Crippen MR) is 105 cm³/mol. The monoisotopic (exact) mass is 371 g/mol. The first-order valence-electron chi connectivity index (χ1n) is 8.59. The first-order chi connectivity index (χ1) is 12.5. The number of fused-ring (bicyclic) bond motifs is 1. The lowest BCUT2D eigenvalue weighted by molar-refractivity contribution is -0.116. The average molecular weight is 371 g/mol. The molecule has 2 aromatic heterocycles. The first-order valence-corrected chi connectivity index (χ1v) is 9.47. The molecule has 0 saturated carbocycles. The molecule has 7 heteroatoms. The lowest BCUT2D eigenvalue weighted by Crippen LogP contribution is -2.41. The Labute approximate surface area is 154 Å². The zero-order valence-corrected chi connectivity index (χ0v) is 15.6. The molecule has 136 valence electrons. The van der Waals surface area contributed by atoms with Crippen LogP contribution in [0.4, 0.5) is 5.69 Å². The Morgan fingerprint density at radius 1 is 1.15 bits per heavy atom. The van der Waals surface area contributed by atoms with Gasteiger partial charge in [-0.1, -0.05) is 31.5 Å². The summed E-state index contributed by atoms with van der Waals surface area (Å²) in [6.45, 7) is 4.14. The number of benzene rings is 1. The third kappa shape index (κ3) is 3.48. The van der Waals surface area contributed by atoms with Crippen molar-refractivity contribution in [3.05, 3.63) is 62.1 Å². The van der Waals surface area contributed by atoms with Crippen molar-refractivity contribution < 1.29 is 4.79 Å². The lowest BCUT2D eigenvalue weighted by atomic mass is 10.2. The van der Waals surface area contributed by atoms with Crippen LogP contribution in [0.15, 0.2) is 45.3 Å². The second-order valence-electron chi connectivity index (χ2n) is 6.18. The number of rotatable bonds is 6. The molecule has 3 rings (SSSR count). The molecule has 0 aliphatic rings. The van der Waals surface area contributed by atoms with E-state index in [0.717, 1.165) is 18.4 Å². The van der Waals surface area contributed by atoms with Crippen LogP contribution in [0.5, 0.6) is 0 Å². The highest BCUT2D eigenvalue weighted by Gasteiger charge is 2.16. The van der Waals surface area contributed by atoms with Gasteiger partial charge in [0.05, 0.1) is 5.52 Å².